The highest BCUT2D eigenvalue weighted by Gasteiger charge is 2.37. The SMILES string of the molecule is O=C(Cn1c(C(F)(F)F)nc2ccccc21)Nc1ccncc1. The molecule has 0 bridgehead atoms. The standard InChI is InChI=1S/C15H11F3N4O/c16-15(17,18)14-21-11-3-1-2-4-12(11)22(14)9-13(23)20-10-5-7-19-8-6-10/h1-8H,9H2,(H,19,20,23). The summed E-state index contributed by atoms with van der Waals surface area (Å²) in [7, 11) is 0. The van der Waals surface area contributed by atoms with Crippen LogP contribution < -0.4 is 5.32 Å². The molecule has 2 heterocycles. The van der Waals surface area contributed by atoms with E-state index in [2.05, 4.69) is 15.3 Å². The van der Waals surface area contributed by atoms with Crippen LogP contribution in [0.1, 0.15) is 5.82 Å². The van der Waals surface area contributed by atoms with Gasteiger partial charge in [0.05, 0.1) is 11.0 Å². The third-order valence-corrected chi connectivity index (χ3v) is 3.17. The Morgan fingerprint density at radius 3 is 2.52 bits per heavy atom. The smallest absolute Gasteiger partial charge is 0.324 e. The topological polar surface area (TPSA) is 59.8 Å². The highest BCUT2D eigenvalue weighted by molar-refractivity contribution is 5.91. The molecule has 0 fully saturated rings. The zero-order valence-electron chi connectivity index (χ0n) is 11.7. The van der Waals surface area contributed by atoms with Gasteiger partial charge in [0.2, 0.25) is 11.7 Å². The lowest BCUT2D eigenvalue weighted by Gasteiger charge is -2.11. The first-order valence-electron chi connectivity index (χ1n) is 6.67. The first kappa shape index (κ1) is 15.0. The van der Waals surface area contributed by atoms with Gasteiger partial charge in [0.25, 0.3) is 0 Å². The van der Waals surface area contributed by atoms with Crippen molar-refractivity contribution in [2.45, 2.75) is 12.7 Å². The first-order valence-corrected chi connectivity index (χ1v) is 6.67. The van der Waals surface area contributed by atoms with Gasteiger partial charge in [-0.15, -0.1) is 0 Å². The van der Waals surface area contributed by atoms with E-state index in [1.807, 2.05) is 0 Å². The Labute approximate surface area is 128 Å². The number of halogens is 3. The molecule has 1 amide bonds. The zero-order valence-corrected chi connectivity index (χ0v) is 11.7. The average molecular weight is 320 g/mol. The molecule has 0 saturated carbocycles. The van der Waals surface area contributed by atoms with Crippen LogP contribution >= 0.6 is 0 Å². The summed E-state index contributed by atoms with van der Waals surface area (Å²) in [5.41, 5.74) is 0.907. The molecule has 8 heteroatoms. The molecule has 1 aromatic carbocycles. The van der Waals surface area contributed by atoms with Gasteiger partial charge in [0, 0.05) is 18.1 Å². The van der Waals surface area contributed by atoms with E-state index >= 15 is 0 Å². The van der Waals surface area contributed by atoms with Crippen LogP contribution in [-0.4, -0.2) is 20.4 Å². The van der Waals surface area contributed by atoms with Gasteiger partial charge in [0.15, 0.2) is 0 Å². The minimum absolute atomic E-state index is 0.191. The number of imidazole rings is 1. The Balaban J connectivity index is 1.94. The van der Waals surface area contributed by atoms with Gasteiger partial charge in [-0.05, 0) is 24.3 Å². The number of nitrogens with zero attached hydrogens (tertiary/aromatic N) is 3. The van der Waals surface area contributed by atoms with Crippen molar-refractivity contribution in [2.75, 3.05) is 5.32 Å². The summed E-state index contributed by atoms with van der Waals surface area (Å²) in [5, 5.41) is 2.53. The van der Waals surface area contributed by atoms with Gasteiger partial charge in [0.1, 0.15) is 6.54 Å². The first-order chi connectivity index (χ1) is 10.9. The number of aromatic nitrogens is 3. The third-order valence-electron chi connectivity index (χ3n) is 3.17. The van der Waals surface area contributed by atoms with E-state index in [1.165, 1.54) is 24.5 Å². The zero-order chi connectivity index (χ0) is 16.4. The summed E-state index contributed by atoms with van der Waals surface area (Å²) in [6.07, 6.45) is -1.69. The average Bonchev–Trinajstić information content (AvgIpc) is 2.87. The van der Waals surface area contributed by atoms with Gasteiger partial charge in [-0.3, -0.25) is 9.78 Å². The van der Waals surface area contributed by atoms with E-state index in [4.69, 9.17) is 0 Å². The van der Waals surface area contributed by atoms with E-state index in [-0.39, 0.29) is 11.0 Å². The molecule has 5 nitrogen and oxygen atoms in total. The van der Waals surface area contributed by atoms with Crippen LogP contribution in [0, 0.1) is 0 Å². The summed E-state index contributed by atoms with van der Waals surface area (Å²) < 4.78 is 40.3. The number of amides is 1. The van der Waals surface area contributed by atoms with Crippen molar-refractivity contribution in [1.82, 2.24) is 14.5 Å². The Bertz CT molecular complexity index is 843. The van der Waals surface area contributed by atoms with Crippen LogP contribution in [0.15, 0.2) is 48.8 Å². The molecule has 0 aliphatic heterocycles. The predicted molar refractivity (Wildman–Crippen MR) is 77.6 cm³/mol. The third kappa shape index (κ3) is 3.15. The summed E-state index contributed by atoms with van der Waals surface area (Å²) in [6, 6.07) is 9.26. The second-order valence-electron chi connectivity index (χ2n) is 4.79. The molecule has 0 radical (unpaired) electrons. The normalized spacial score (nSPS) is 11.6. The molecule has 0 saturated heterocycles. The predicted octanol–water partition coefficient (Wildman–Crippen LogP) is 3.09. The fourth-order valence-corrected chi connectivity index (χ4v) is 2.23. The van der Waals surface area contributed by atoms with Gasteiger partial charge in [-0.2, -0.15) is 13.2 Å². The van der Waals surface area contributed by atoms with Crippen LogP contribution in [0.5, 0.6) is 0 Å². The number of benzene rings is 1. The lowest BCUT2D eigenvalue weighted by atomic mass is 10.3. The van der Waals surface area contributed by atoms with E-state index in [0.717, 1.165) is 4.57 Å². The van der Waals surface area contributed by atoms with Crippen molar-refractivity contribution in [3.63, 3.8) is 0 Å². The fraction of sp³-hybridized carbons (Fsp3) is 0.133. The molecule has 2 aromatic heterocycles. The minimum Gasteiger partial charge on any atom is -0.324 e. The molecule has 0 atom stereocenters. The van der Waals surface area contributed by atoms with Crippen molar-refractivity contribution in [2.24, 2.45) is 0 Å². The summed E-state index contributed by atoms with van der Waals surface area (Å²) >= 11 is 0. The molecular formula is C15H11F3N4O. The van der Waals surface area contributed by atoms with Crippen molar-refractivity contribution < 1.29 is 18.0 Å². The van der Waals surface area contributed by atoms with Crippen molar-refractivity contribution in [3.05, 3.63) is 54.6 Å². The quantitative estimate of drug-likeness (QED) is 0.807. The number of carbonyl (C=O) groups excluding carboxylic acids is 1. The molecule has 3 rings (SSSR count). The van der Waals surface area contributed by atoms with Gasteiger partial charge < -0.3 is 9.88 Å². The lowest BCUT2D eigenvalue weighted by molar-refractivity contribution is -0.147. The summed E-state index contributed by atoms with van der Waals surface area (Å²) in [6.45, 7) is -0.488. The number of hydrogen-bond donors (Lipinski definition) is 1. The lowest BCUT2D eigenvalue weighted by Crippen LogP contribution is -2.23. The highest BCUT2D eigenvalue weighted by atomic mass is 19.4. The second kappa shape index (κ2) is 5.71. The van der Waals surface area contributed by atoms with Gasteiger partial charge >= 0.3 is 6.18 Å². The Morgan fingerprint density at radius 2 is 1.83 bits per heavy atom. The maximum absolute atomic E-state index is 13.1. The maximum Gasteiger partial charge on any atom is 0.449 e. The highest BCUT2D eigenvalue weighted by Crippen LogP contribution is 2.31. The number of carbonyl (C=O) groups is 1. The van der Waals surface area contributed by atoms with E-state index in [1.54, 1.807) is 24.3 Å². The van der Waals surface area contributed by atoms with E-state index in [9.17, 15) is 18.0 Å². The Morgan fingerprint density at radius 1 is 1.13 bits per heavy atom. The van der Waals surface area contributed by atoms with Crippen molar-refractivity contribution >= 4 is 22.6 Å². The number of para-hydroxylation sites is 2. The molecule has 118 valence electrons. The van der Waals surface area contributed by atoms with Gasteiger partial charge in [-0.1, -0.05) is 12.1 Å². The number of hydrogen-bond acceptors (Lipinski definition) is 3. The molecular weight excluding hydrogens is 309 g/mol. The molecule has 1 N–H and O–H groups in total. The Hall–Kier alpha value is -2.90. The van der Waals surface area contributed by atoms with Crippen molar-refractivity contribution in [3.8, 4) is 0 Å². The minimum atomic E-state index is -4.64. The number of nitrogens with one attached hydrogen (secondary N) is 1. The van der Waals surface area contributed by atoms with Crippen LogP contribution in [0.25, 0.3) is 11.0 Å². The summed E-state index contributed by atoms with van der Waals surface area (Å²) in [5.74, 6) is -1.67. The number of anilines is 1. The van der Waals surface area contributed by atoms with Crippen LogP contribution in [0.3, 0.4) is 0 Å². The number of rotatable bonds is 3. The van der Waals surface area contributed by atoms with Crippen LogP contribution in [-0.2, 0) is 17.5 Å². The van der Waals surface area contributed by atoms with Gasteiger partial charge in [-0.25, -0.2) is 4.98 Å². The van der Waals surface area contributed by atoms with Crippen LogP contribution in [0.4, 0.5) is 18.9 Å². The number of alkyl halides is 3. The van der Waals surface area contributed by atoms with E-state index in [0.29, 0.717) is 5.69 Å². The molecule has 23 heavy (non-hydrogen) atoms. The largest absolute Gasteiger partial charge is 0.449 e. The van der Waals surface area contributed by atoms with Crippen LogP contribution in [0.2, 0.25) is 0 Å². The molecule has 0 aliphatic carbocycles. The maximum atomic E-state index is 13.1. The number of pyridine rings is 1. The molecule has 0 unspecified atom stereocenters. The molecule has 0 spiro atoms. The Kier molecular flexibility index (Phi) is 3.73. The second-order valence-corrected chi connectivity index (χ2v) is 4.79. The van der Waals surface area contributed by atoms with E-state index < -0.39 is 24.5 Å². The molecule has 0 aliphatic rings. The molecule has 3 aromatic rings. The fourth-order valence-electron chi connectivity index (χ4n) is 2.23. The number of fused-ring (bicyclic) bond motifs is 1. The monoisotopic (exact) mass is 320 g/mol. The summed E-state index contributed by atoms with van der Waals surface area (Å²) in [4.78, 5) is 19.4. The van der Waals surface area contributed by atoms with Crippen molar-refractivity contribution in [1.29, 1.82) is 0 Å².